The molecule has 25 heavy (non-hydrogen) atoms. The van der Waals surface area contributed by atoms with E-state index in [1.165, 1.54) is 35.1 Å². The van der Waals surface area contributed by atoms with Crippen LogP contribution in [0.15, 0.2) is 35.6 Å². The molecule has 5 rings (SSSR count). The maximum Gasteiger partial charge on any atom is 0.138 e. The largest absolute Gasteiger partial charge is 0.345 e. The van der Waals surface area contributed by atoms with Gasteiger partial charge in [0.25, 0.3) is 0 Å². The predicted octanol–water partition coefficient (Wildman–Crippen LogP) is 4.28. The first-order valence-electron chi connectivity index (χ1n) is 8.82. The molecule has 0 radical (unpaired) electrons. The molecule has 126 valence electrons. The smallest absolute Gasteiger partial charge is 0.138 e. The lowest BCUT2D eigenvalue weighted by molar-refractivity contribution is 0.645. The first kappa shape index (κ1) is 15.1. The summed E-state index contributed by atoms with van der Waals surface area (Å²) in [6.45, 7) is 1.96. The van der Waals surface area contributed by atoms with Crippen molar-refractivity contribution >= 4 is 28.8 Å². The zero-order valence-corrected chi connectivity index (χ0v) is 14.6. The van der Waals surface area contributed by atoms with Crippen LogP contribution in [0.4, 0.5) is 0 Å². The monoisotopic (exact) mass is 350 g/mol. The van der Waals surface area contributed by atoms with Crippen molar-refractivity contribution in [1.82, 2.24) is 15.3 Å². The number of rotatable bonds is 2. The number of nitrogens with one attached hydrogen (secondary N) is 2. The molecule has 2 aliphatic heterocycles. The normalized spacial score (nSPS) is 19.5. The van der Waals surface area contributed by atoms with E-state index < -0.39 is 0 Å². The number of hydrogen-bond donors (Lipinski definition) is 2. The number of hydrogen-bond acceptors (Lipinski definition) is 3. The maximum absolute atomic E-state index is 6.28. The van der Waals surface area contributed by atoms with Crippen LogP contribution in [0.5, 0.6) is 0 Å². The highest BCUT2D eigenvalue weighted by molar-refractivity contribution is 6.35. The van der Waals surface area contributed by atoms with Gasteiger partial charge in [0.15, 0.2) is 0 Å². The Morgan fingerprint density at radius 3 is 3.00 bits per heavy atom. The van der Waals surface area contributed by atoms with E-state index in [4.69, 9.17) is 11.6 Å². The number of aromatic nitrogens is 2. The molecular weight excluding hydrogens is 332 g/mol. The van der Waals surface area contributed by atoms with Crippen molar-refractivity contribution < 1.29 is 0 Å². The second-order valence-corrected chi connectivity index (χ2v) is 7.24. The van der Waals surface area contributed by atoms with Crippen molar-refractivity contribution in [2.45, 2.75) is 25.3 Å². The van der Waals surface area contributed by atoms with Crippen molar-refractivity contribution in [3.8, 4) is 11.1 Å². The average molecular weight is 351 g/mol. The number of aliphatic imine (C=N–C) groups is 1. The predicted molar refractivity (Wildman–Crippen MR) is 103 cm³/mol. The van der Waals surface area contributed by atoms with Gasteiger partial charge in [0.2, 0.25) is 0 Å². The zero-order valence-electron chi connectivity index (χ0n) is 13.8. The van der Waals surface area contributed by atoms with Gasteiger partial charge in [-0.2, -0.15) is 0 Å². The summed E-state index contributed by atoms with van der Waals surface area (Å²) < 4.78 is 0. The van der Waals surface area contributed by atoms with Crippen molar-refractivity contribution in [3.05, 3.63) is 52.3 Å². The summed E-state index contributed by atoms with van der Waals surface area (Å²) in [4.78, 5) is 12.1. The lowest BCUT2D eigenvalue weighted by Crippen LogP contribution is -2.17. The van der Waals surface area contributed by atoms with E-state index in [2.05, 4.69) is 44.7 Å². The maximum atomic E-state index is 6.28. The lowest BCUT2D eigenvalue weighted by Gasteiger charge is -2.21. The van der Waals surface area contributed by atoms with Gasteiger partial charge < -0.3 is 10.3 Å². The zero-order chi connectivity index (χ0) is 16.8. The Hall–Kier alpha value is -2.17. The minimum Gasteiger partial charge on any atom is -0.345 e. The van der Waals surface area contributed by atoms with Crippen LogP contribution in [-0.2, 0) is 6.42 Å². The fourth-order valence-corrected chi connectivity index (χ4v) is 4.18. The third-order valence-corrected chi connectivity index (χ3v) is 5.59. The van der Waals surface area contributed by atoms with Crippen LogP contribution in [0, 0.1) is 0 Å². The molecule has 4 nitrogen and oxygen atoms in total. The third-order valence-electron chi connectivity index (χ3n) is 5.28. The topological polar surface area (TPSA) is 53.1 Å². The molecule has 1 saturated heterocycles. The van der Waals surface area contributed by atoms with Crippen LogP contribution >= 0.6 is 11.6 Å². The highest BCUT2D eigenvalue weighted by Crippen LogP contribution is 2.34. The number of halogens is 1. The van der Waals surface area contributed by atoms with Gasteiger partial charge in [-0.15, -0.1) is 0 Å². The van der Waals surface area contributed by atoms with Crippen molar-refractivity contribution in [2.24, 2.45) is 4.99 Å². The molecule has 1 aromatic carbocycles. The highest BCUT2D eigenvalue weighted by Gasteiger charge is 2.22. The molecule has 1 fully saturated rings. The highest BCUT2D eigenvalue weighted by atomic mass is 35.5. The molecule has 2 N–H and O–H groups in total. The van der Waals surface area contributed by atoms with Gasteiger partial charge in [0, 0.05) is 47.7 Å². The second kappa shape index (κ2) is 5.97. The number of pyridine rings is 1. The molecule has 1 atom stereocenters. The minimum atomic E-state index is 0.422. The molecule has 5 heteroatoms. The molecule has 1 unspecified atom stereocenters. The van der Waals surface area contributed by atoms with Gasteiger partial charge >= 0.3 is 0 Å². The third kappa shape index (κ3) is 2.57. The van der Waals surface area contributed by atoms with E-state index in [9.17, 15) is 0 Å². The van der Waals surface area contributed by atoms with Crippen LogP contribution in [0.2, 0.25) is 5.02 Å². The number of benzene rings is 1. The van der Waals surface area contributed by atoms with E-state index in [-0.39, 0.29) is 0 Å². The average Bonchev–Trinajstić information content (AvgIpc) is 3.31. The Morgan fingerprint density at radius 2 is 2.12 bits per heavy atom. The summed E-state index contributed by atoms with van der Waals surface area (Å²) in [6.07, 6.45) is 9.19. The number of fused-ring (bicyclic) bond motifs is 2. The van der Waals surface area contributed by atoms with Crippen molar-refractivity contribution in [1.29, 1.82) is 0 Å². The summed E-state index contributed by atoms with van der Waals surface area (Å²) >= 11 is 6.28. The molecule has 4 heterocycles. The first-order valence-corrected chi connectivity index (χ1v) is 9.20. The van der Waals surface area contributed by atoms with Gasteiger partial charge in [-0.25, -0.2) is 4.98 Å². The Bertz CT molecular complexity index is 983. The van der Waals surface area contributed by atoms with Gasteiger partial charge in [0.1, 0.15) is 5.65 Å². The Labute approximate surface area is 151 Å². The fourth-order valence-electron chi connectivity index (χ4n) is 3.98. The molecular formula is C20H19ClN4. The van der Waals surface area contributed by atoms with Crippen LogP contribution in [0.25, 0.3) is 22.2 Å². The number of nitrogens with zero attached hydrogens (tertiary/aromatic N) is 2. The molecule has 2 aliphatic rings. The lowest BCUT2D eigenvalue weighted by atomic mass is 9.88. The summed E-state index contributed by atoms with van der Waals surface area (Å²) in [5.74, 6) is 0. The minimum absolute atomic E-state index is 0.422. The van der Waals surface area contributed by atoms with Gasteiger partial charge in [-0.05, 0) is 54.6 Å². The van der Waals surface area contributed by atoms with E-state index in [0.717, 1.165) is 36.1 Å². The number of aromatic amines is 1. The SMILES string of the molecule is Clc1c[nH]c2ncc(-c3cc4c(c(C5CCCN5)c3)C=NCC4)cc12. The molecule has 0 amide bonds. The molecule has 0 aliphatic carbocycles. The number of H-pyrrole nitrogens is 1. The quantitative estimate of drug-likeness (QED) is 0.724. The molecule has 2 aromatic heterocycles. The molecule has 0 bridgehead atoms. The summed E-state index contributed by atoms with van der Waals surface area (Å²) in [7, 11) is 0. The Morgan fingerprint density at radius 1 is 1.16 bits per heavy atom. The summed E-state index contributed by atoms with van der Waals surface area (Å²) in [5.41, 5.74) is 7.22. The van der Waals surface area contributed by atoms with Crippen LogP contribution < -0.4 is 5.32 Å². The van der Waals surface area contributed by atoms with E-state index in [1.54, 1.807) is 6.20 Å². The van der Waals surface area contributed by atoms with E-state index in [1.807, 2.05) is 6.20 Å². The Balaban J connectivity index is 1.68. The van der Waals surface area contributed by atoms with E-state index >= 15 is 0 Å². The second-order valence-electron chi connectivity index (χ2n) is 6.83. The van der Waals surface area contributed by atoms with Gasteiger partial charge in [0.05, 0.1) is 5.02 Å². The Kier molecular flexibility index (Phi) is 3.61. The van der Waals surface area contributed by atoms with Crippen LogP contribution in [0.1, 0.15) is 35.6 Å². The van der Waals surface area contributed by atoms with Gasteiger partial charge in [-0.1, -0.05) is 17.7 Å². The first-order chi connectivity index (χ1) is 12.3. The van der Waals surface area contributed by atoms with E-state index in [0.29, 0.717) is 11.1 Å². The molecule has 0 spiro atoms. The molecule has 3 aromatic rings. The standard InChI is InChI=1S/C20H19ClN4/c21-18-11-25-20-16(18)8-14(9-24-20)13-6-12-3-5-22-10-17(12)15(7-13)19-2-1-4-23-19/h6-11,19,23H,1-5H2,(H,24,25). The summed E-state index contributed by atoms with van der Waals surface area (Å²) in [6, 6.07) is 7.15. The van der Waals surface area contributed by atoms with Crippen molar-refractivity contribution in [2.75, 3.05) is 13.1 Å². The van der Waals surface area contributed by atoms with Crippen LogP contribution in [0.3, 0.4) is 0 Å². The van der Waals surface area contributed by atoms with Gasteiger partial charge in [-0.3, -0.25) is 4.99 Å². The molecule has 0 saturated carbocycles. The van der Waals surface area contributed by atoms with Crippen LogP contribution in [-0.4, -0.2) is 29.3 Å². The van der Waals surface area contributed by atoms with Crippen molar-refractivity contribution in [3.63, 3.8) is 0 Å². The summed E-state index contributed by atoms with van der Waals surface area (Å²) in [5, 5.41) is 5.32. The fraction of sp³-hybridized carbons (Fsp3) is 0.300.